The van der Waals surface area contributed by atoms with Gasteiger partial charge in [0.25, 0.3) is 0 Å². The van der Waals surface area contributed by atoms with Crippen molar-refractivity contribution in [1.82, 2.24) is 4.90 Å². The SMILES string of the molecule is CC1CN(Cc2cc(F)c(F)cc2F)CC1N. The van der Waals surface area contributed by atoms with Crippen molar-refractivity contribution in [3.05, 3.63) is 35.1 Å². The van der Waals surface area contributed by atoms with Gasteiger partial charge in [0.15, 0.2) is 11.6 Å². The van der Waals surface area contributed by atoms with E-state index in [1.54, 1.807) is 0 Å². The van der Waals surface area contributed by atoms with Crippen LogP contribution in [0.25, 0.3) is 0 Å². The van der Waals surface area contributed by atoms with Gasteiger partial charge < -0.3 is 5.73 Å². The van der Waals surface area contributed by atoms with E-state index in [4.69, 9.17) is 5.73 Å². The third-order valence-electron chi connectivity index (χ3n) is 3.23. The van der Waals surface area contributed by atoms with Crippen LogP contribution in [-0.2, 0) is 6.54 Å². The van der Waals surface area contributed by atoms with Gasteiger partial charge in [0.05, 0.1) is 0 Å². The zero-order valence-electron chi connectivity index (χ0n) is 9.59. The third kappa shape index (κ3) is 2.61. The Morgan fingerprint density at radius 2 is 1.82 bits per heavy atom. The Morgan fingerprint density at radius 3 is 2.41 bits per heavy atom. The average molecular weight is 244 g/mol. The van der Waals surface area contributed by atoms with Crippen LogP contribution >= 0.6 is 0 Å². The lowest BCUT2D eigenvalue weighted by atomic mass is 10.1. The normalized spacial score (nSPS) is 25.5. The molecule has 0 radical (unpaired) electrons. The summed E-state index contributed by atoms with van der Waals surface area (Å²) in [6.45, 7) is 3.69. The molecule has 1 aromatic rings. The van der Waals surface area contributed by atoms with Crippen molar-refractivity contribution in [1.29, 1.82) is 0 Å². The molecule has 0 aliphatic carbocycles. The number of hydrogen-bond acceptors (Lipinski definition) is 2. The molecule has 0 bridgehead atoms. The van der Waals surface area contributed by atoms with Crippen LogP contribution in [-0.4, -0.2) is 24.0 Å². The molecule has 2 atom stereocenters. The molecule has 1 heterocycles. The molecule has 1 saturated heterocycles. The van der Waals surface area contributed by atoms with E-state index in [-0.39, 0.29) is 18.2 Å². The highest BCUT2D eigenvalue weighted by Crippen LogP contribution is 2.20. The lowest BCUT2D eigenvalue weighted by molar-refractivity contribution is 0.312. The summed E-state index contributed by atoms with van der Waals surface area (Å²) in [6, 6.07) is 1.56. The Morgan fingerprint density at radius 1 is 1.18 bits per heavy atom. The molecule has 0 aromatic heterocycles. The van der Waals surface area contributed by atoms with Crippen LogP contribution in [0.4, 0.5) is 13.2 Å². The molecule has 2 N–H and O–H groups in total. The van der Waals surface area contributed by atoms with Crippen LogP contribution in [0.2, 0.25) is 0 Å². The van der Waals surface area contributed by atoms with Gasteiger partial charge in [-0.3, -0.25) is 4.90 Å². The van der Waals surface area contributed by atoms with Gasteiger partial charge in [-0.15, -0.1) is 0 Å². The highest BCUT2D eigenvalue weighted by Gasteiger charge is 2.27. The minimum Gasteiger partial charge on any atom is -0.326 e. The number of halogens is 3. The predicted octanol–water partition coefficient (Wildman–Crippen LogP) is 1.88. The van der Waals surface area contributed by atoms with Gasteiger partial charge in [-0.2, -0.15) is 0 Å². The smallest absolute Gasteiger partial charge is 0.161 e. The summed E-state index contributed by atoms with van der Waals surface area (Å²) in [5, 5.41) is 0. The number of rotatable bonds is 2. The lowest BCUT2D eigenvalue weighted by Gasteiger charge is -2.15. The summed E-state index contributed by atoms with van der Waals surface area (Å²) in [4.78, 5) is 1.95. The fourth-order valence-electron chi connectivity index (χ4n) is 2.15. The quantitative estimate of drug-likeness (QED) is 0.805. The molecule has 94 valence electrons. The molecule has 1 aliphatic heterocycles. The second kappa shape index (κ2) is 4.66. The van der Waals surface area contributed by atoms with Crippen molar-refractivity contribution < 1.29 is 13.2 Å². The Balaban J connectivity index is 2.12. The minimum atomic E-state index is -1.15. The first-order chi connectivity index (χ1) is 7.97. The predicted molar refractivity (Wildman–Crippen MR) is 58.7 cm³/mol. The van der Waals surface area contributed by atoms with Crippen LogP contribution in [0.3, 0.4) is 0 Å². The third-order valence-corrected chi connectivity index (χ3v) is 3.23. The second-order valence-electron chi connectivity index (χ2n) is 4.69. The lowest BCUT2D eigenvalue weighted by Crippen LogP contribution is -2.28. The first kappa shape index (κ1) is 12.4. The standard InChI is InChI=1S/C12H15F3N2/c1-7-4-17(6-12(7)16)5-8-2-10(14)11(15)3-9(8)13/h2-3,7,12H,4-6,16H2,1H3. The maximum absolute atomic E-state index is 13.4. The topological polar surface area (TPSA) is 29.3 Å². The first-order valence-corrected chi connectivity index (χ1v) is 5.58. The maximum atomic E-state index is 13.4. The number of benzene rings is 1. The molecule has 2 unspecified atom stereocenters. The van der Waals surface area contributed by atoms with Crippen LogP contribution in [0, 0.1) is 23.4 Å². The van der Waals surface area contributed by atoms with Crippen LogP contribution in [0.15, 0.2) is 12.1 Å². The molecule has 2 rings (SSSR count). The summed E-state index contributed by atoms with van der Waals surface area (Å²) in [5.41, 5.74) is 6.02. The Bertz CT molecular complexity index is 412. The van der Waals surface area contributed by atoms with Crippen LogP contribution in [0.1, 0.15) is 12.5 Å². The Hall–Kier alpha value is -1.07. The maximum Gasteiger partial charge on any atom is 0.161 e. The molecular formula is C12H15F3N2. The van der Waals surface area contributed by atoms with Gasteiger partial charge >= 0.3 is 0 Å². The van der Waals surface area contributed by atoms with Gasteiger partial charge in [0.1, 0.15) is 5.82 Å². The van der Waals surface area contributed by atoms with Gasteiger partial charge in [0, 0.05) is 37.3 Å². The van der Waals surface area contributed by atoms with Crippen LogP contribution in [0.5, 0.6) is 0 Å². The molecule has 0 spiro atoms. The van der Waals surface area contributed by atoms with Crippen molar-refractivity contribution in [2.24, 2.45) is 11.7 Å². The van der Waals surface area contributed by atoms with E-state index >= 15 is 0 Å². The zero-order chi connectivity index (χ0) is 12.6. The highest BCUT2D eigenvalue weighted by atomic mass is 19.2. The molecular weight excluding hydrogens is 229 g/mol. The molecule has 1 fully saturated rings. The molecule has 2 nitrogen and oxygen atoms in total. The Kier molecular flexibility index (Phi) is 3.40. The minimum absolute atomic E-state index is 0.0587. The second-order valence-corrected chi connectivity index (χ2v) is 4.69. The summed E-state index contributed by atoms with van der Waals surface area (Å²) in [6.07, 6.45) is 0. The van der Waals surface area contributed by atoms with Gasteiger partial charge in [-0.1, -0.05) is 6.92 Å². The highest BCUT2D eigenvalue weighted by molar-refractivity contribution is 5.20. The first-order valence-electron chi connectivity index (χ1n) is 5.58. The fraction of sp³-hybridized carbons (Fsp3) is 0.500. The number of nitrogens with two attached hydrogens (primary N) is 1. The van der Waals surface area contributed by atoms with Gasteiger partial charge in [-0.25, -0.2) is 13.2 Å². The van der Waals surface area contributed by atoms with Gasteiger partial charge in [0.2, 0.25) is 0 Å². The molecule has 0 amide bonds. The van der Waals surface area contributed by atoms with E-state index in [0.29, 0.717) is 18.5 Å². The number of nitrogens with zero attached hydrogens (tertiary/aromatic N) is 1. The molecule has 17 heavy (non-hydrogen) atoms. The molecule has 5 heteroatoms. The van der Waals surface area contributed by atoms with E-state index in [9.17, 15) is 13.2 Å². The molecule has 0 saturated carbocycles. The van der Waals surface area contributed by atoms with E-state index in [2.05, 4.69) is 0 Å². The summed E-state index contributed by atoms with van der Waals surface area (Å²) in [7, 11) is 0. The Labute approximate surface area is 98.2 Å². The summed E-state index contributed by atoms with van der Waals surface area (Å²) in [5.74, 6) is -2.55. The zero-order valence-corrected chi connectivity index (χ0v) is 9.59. The van der Waals surface area contributed by atoms with Crippen molar-refractivity contribution in [2.75, 3.05) is 13.1 Å². The molecule has 1 aliphatic rings. The van der Waals surface area contributed by atoms with Crippen molar-refractivity contribution in [3.8, 4) is 0 Å². The number of likely N-dealkylation sites (tertiary alicyclic amines) is 1. The summed E-state index contributed by atoms with van der Waals surface area (Å²) < 4.78 is 39.2. The van der Waals surface area contributed by atoms with Crippen molar-refractivity contribution in [3.63, 3.8) is 0 Å². The summed E-state index contributed by atoms with van der Waals surface area (Å²) >= 11 is 0. The van der Waals surface area contributed by atoms with Gasteiger partial charge in [-0.05, 0) is 12.0 Å². The van der Waals surface area contributed by atoms with E-state index in [1.165, 1.54) is 0 Å². The van der Waals surface area contributed by atoms with E-state index in [0.717, 1.165) is 12.6 Å². The largest absolute Gasteiger partial charge is 0.326 e. The van der Waals surface area contributed by atoms with Crippen LogP contribution < -0.4 is 5.73 Å². The fourth-order valence-corrected chi connectivity index (χ4v) is 2.15. The average Bonchev–Trinajstić information content (AvgIpc) is 2.55. The number of hydrogen-bond donors (Lipinski definition) is 1. The monoisotopic (exact) mass is 244 g/mol. The molecule has 1 aromatic carbocycles. The van der Waals surface area contributed by atoms with E-state index < -0.39 is 17.5 Å². The van der Waals surface area contributed by atoms with E-state index in [1.807, 2.05) is 11.8 Å². The van der Waals surface area contributed by atoms with Crippen molar-refractivity contribution >= 4 is 0 Å². The van der Waals surface area contributed by atoms with Crippen molar-refractivity contribution in [2.45, 2.75) is 19.5 Å².